The van der Waals surface area contributed by atoms with Crippen LogP contribution in [0.2, 0.25) is 0 Å². The third kappa shape index (κ3) is 1.83. The van der Waals surface area contributed by atoms with Crippen LogP contribution >= 0.6 is 0 Å². The SMILES string of the molecule is CC.CCCC1CC2C3CCC(C)CC3C12. The van der Waals surface area contributed by atoms with Crippen LogP contribution in [0.5, 0.6) is 0 Å². The van der Waals surface area contributed by atoms with Crippen LogP contribution < -0.4 is 0 Å². The van der Waals surface area contributed by atoms with E-state index in [0.29, 0.717) is 0 Å². The highest BCUT2D eigenvalue weighted by Crippen LogP contribution is 2.67. The van der Waals surface area contributed by atoms with E-state index in [1.165, 1.54) is 42.9 Å². The minimum Gasteiger partial charge on any atom is -0.0683 e. The smallest absolute Gasteiger partial charge is 0.0323 e. The van der Waals surface area contributed by atoms with Crippen molar-refractivity contribution in [1.29, 1.82) is 0 Å². The van der Waals surface area contributed by atoms with Gasteiger partial charge in [-0.25, -0.2) is 0 Å². The Morgan fingerprint density at radius 1 is 0.938 bits per heavy atom. The predicted molar refractivity (Wildman–Crippen MR) is 71.3 cm³/mol. The molecule has 94 valence electrons. The Morgan fingerprint density at radius 3 is 2.31 bits per heavy atom. The monoisotopic (exact) mass is 222 g/mol. The summed E-state index contributed by atoms with van der Waals surface area (Å²) in [5, 5.41) is 0. The molecule has 6 atom stereocenters. The van der Waals surface area contributed by atoms with Crippen molar-refractivity contribution in [3.63, 3.8) is 0 Å². The summed E-state index contributed by atoms with van der Waals surface area (Å²) in [6.45, 7) is 8.82. The molecule has 3 saturated carbocycles. The third-order valence-electron chi connectivity index (χ3n) is 5.53. The average molecular weight is 222 g/mol. The first-order valence-electron chi connectivity index (χ1n) is 7.81. The average Bonchev–Trinajstić information content (AvgIpc) is 2.27. The second kappa shape index (κ2) is 5.10. The summed E-state index contributed by atoms with van der Waals surface area (Å²) in [5.41, 5.74) is 0. The molecule has 0 amide bonds. The molecule has 3 aliphatic rings. The number of hydrogen-bond acceptors (Lipinski definition) is 0. The van der Waals surface area contributed by atoms with E-state index in [1.54, 1.807) is 19.3 Å². The summed E-state index contributed by atoms with van der Waals surface area (Å²) >= 11 is 0. The minimum atomic E-state index is 1.04. The maximum Gasteiger partial charge on any atom is -0.0323 e. The van der Waals surface area contributed by atoms with Gasteiger partial charge in [0, 0.05) is 0 Å². The molecule has 3 fully saturated rings. The Kier molecular flexibility index (Phi) is 3.97. The highest BCUT2D eigenvalue weighted by Gasteiger charge is 2.60. The molecule has 0 aromatic heterocycles. The van der Waals surface area contributed by atoms with Crippen LogP contribution in [0.1, 0.15) is 66.2 Å². The van der Waals surface area contributed by atoms with Gasteiger partial charge in [0.2, 0.25) is 0 Å². The van der Waals surface area contributed by atoms with Crippen LogP contribution in [0, 0.1) is 35.5 Å². The van der Waals surface area contributed by atoms with Gasteiger partial charge in [0.25, 0.3) is 0 Å². The van der Waals surface area contributed by atoms with Gasteiger partial charge in [-0.2, -0.15) is 0 Å². The Morgan fingerprint density at radius 2 is 1.62 bits per heavy atom. The van der Waals surface area contributed by atoms with Gasteiger partial charge in [-0.05, 0) is 54.8 Å². The van der Waals surface area contributed by atoms with Gasteiger partial charge in [-0.15, -0.1) is 0 Å². The molecule has 16 heavy (non-hydrogen) atoms. The molecule has 0 spiro atoms. The molecule has 0 saturated heterocycles. The summed E-state index contributed by atoms with van der Waals surface area (Å²) in [7, 11) is 0. The zero-order valence-electron chi connectivity index (χ0n) is 11.7. The van der Waals surface area contributed by atoms with E-state index in [-0.39, 0.29) is 0 Å². The first kappa shape index (κ1) is 12.5. The van der Waals surface area contributed by atoms with Gasteiger partial charge in [0.15, 0.2) is 0 Å². The topological polar surface area (TPSA) is 0 Å². The fraction of sp³-hybridized carbons (Fsp3) is 1.00. The van der Waals surface area contributed by atoms with Crippen molar-refractivity contribution in [2.24, 2.45) is 35.5 Å². The predicted octanol–water partition coefficient (Wildman–Crippen LogP) is 5.13. The molecule has 0 nitrogen and oxygen atoms in total. The maximum absolute atomic E-state index is 2.47. The van der Waals surface area contributed by atoms with E-state index in [1.807, 2.05) is 13.8 Å². The lowest BCUT2D eigenvalue weighted by atomic mass is 9.39. The van der Waals surface area contributed by atoms with Gasteiger partial charge in [0.1, 0.15) is 0 Å². The fourth-order valence-electron chi connectivity index (χ4n) is 4.90. The second-order valence-electron chi connectivity index (χ2n) is 6.27. The molecule has 3 rings (SSSR count). The lowest BCUT2D eigenvalue weighted by molar-refractivity contribution is -0.178. The van der Waals surface area contributed by atoms with Gasteiger partial charge in [-0.3, -0.25) is 0 Å². The highest BCUT2D eigenvalue weighted by atomic mass is 14.6. The number of fused-ring (bicyclic) bond motifs is 4. The number of hydrogen-bond donors (Lipinski definition) is 0. The van der Waals surface area contributed by atoms with E-state index in [2.05, 4.69) is 13.8 Å². The summed E-state index contributed by atoms with van der Waals surface area (Å²) in [6.07, 6.45) is 9.23. The van der Waals surface area contributed by atoms with Gasteiger partial charge >= 0.3 is 0 Å². The molecule has 0 aliphatic heterocycles. The molecule has 0 aromatic rings. The molecule has 0 heteroatoms. The van der Waals surface area contributed by atoms with Crippen molar-refractivity contribution in [3.05, 3.63) is 0 Å². The van der Waals surface area contributed by atoms with E-state index in [4.69, 9.17) is 0 Å². The summed E-state index contributed by atoms with van der Waals surface area (Å²) in [6, 6.07) is 0. The van der Waals surface area contributed by atoms with Crippen molar-refractivity contribution in [3.8, 4) is 0 Å². The van der Waals surface area contributed by atoms with E-state index in [0.717, 1.165) is 11.8 Å². The van der Waals surface area contributed by atoms with Crippen LogP contribution in [0.4, 0.5) is 0 Å². The van der Waals surface area contributed by atoms with Gasteiger partial charge in [0.05, 0.1) is 0 Å². The molecular formula is C16H30. The van der Waals surface area contributed by atoms with E-state index < -0.39 is 0 Å². The summed E-state index contributed by atoms with van der Waals surface area (Å²) < 4.78 is 0. The van der Waals surface area contributed by atoms with Crippen LogP contribution in [0.25, 0.3) is 0 Å². The molecule has 6 unspecified atom stereocenters. The third-order valence-corrected chi connectivity index (χ3v) is 5.53. The van der Waals surface area contributed by atoms with Crippen molar-refractivity contribution < 1.29 is 0 Å². The first-order chi connectivity index (χ1) is 7.81. The van der Waals surface area contributed by atoms with Crippen LogP contribution in [-0.2, 0) is 0 Å². The normalized spacial score (nSPS) is 48.8. The largest absolute Gasteiger partial charge is 0.0683 e. The van der Waals surface area contributed by atoms with Crippen LogP contribution in [0.15, 0.2) is 0 Å². The minimum absolute atomic E-state index is 1.04. The first-order valence-corrected chi connectivity index (χ1v) is 7.81. The van der Waals surface area contributed by atoms with Crippen molar-refractivity contribution in [2.45, 2.75) is 66.2 Å². The number of rotatable bonds is 2. The lowest BCUT2D eigenvalue weighted by Gasteiger charge is -2.66. The fourth-order valence-corrected chi connectivity index (χ4v) is 4.90. The molecule has 0 bridgehead atoms. The summed E-state index contributed by atoms with van der Waals surface area (Å²) in [5.74, 6) is 6.95. The molecule has 0 aromatic carbocycles. The standard InChI is InChI=1S/C14H24.C2H6/c1-3-4-10-8-13-11-6-5-9(2)7-12(11)14(10)13;1-2/h9-14H,3-8H2,1-2H3;1-2H3. The van der Waals surface area contributed by atoms with Crippen LogP contribution in [0.3, 0.4) is 0 Å². The molecule has 0 N–H and O–H groups in total. The van der Waals surface area contributed by atoms with E-state index >= 15 is 0 Å². The maximum atomic E-state index is 2.47. The zero-order valence-corrected chi connectivity index (χ0v) is 11.7. The molecule has 0 radical (unpaired) electrons. The Hall–Kier alpha value is 0. The Balaban J connectivity index is 0.000000457. The molecule has 0 heterocycles. The van der Waals surface area contributed by atoms with Crippen molar-refractivity contribution in [1.82, 2.24) is 0 Å². The molecule has 3 aliphatic carbocycles. The highest BCUT2D eigenvalue weighted by molar-refractivity contribution is 5.08. The second-order valence-corrected chi connectivity index (χ2v) is 6.27. The van der Waals surface area contributed by atoms with Gasteiger partial charge < -0.3 is 0 Å². The lowest BCUT2D eigenvalue weighted by Crippen LogP contribution is -2.60. The zero-order chi connectivity index (χ0) is 11.7. The van der Waals surface area contributed by atoms with Gasteiger partial charge in [-0.1, -0.05) is 47.0 Å². The Labute approximate surface area is 102 Å². The van der Waals surface area contributed by atoms with E-state index in [9.17, 15) is 0 Å². The Bertz CT molecular complexity index is 216. The van der Waals surface area contributed by atoms with Crippen molar-refractivity contribution in [2.75, 3.05) is 0 Å². The quantitative estimate of drug-likeness (QED) is 0.607. The molecular weight excluding hydrogens is 192 g/mol. The summed E-state index contributed by atoms with van der Waals surface area (Å²) in [4.78, 5) is 0. The van der Waals surface area contributed by atoms with Crippen molar-refractivity contribution >= 4 is 0 Å². The van der Waals surface area contributed by atoms with Crippen LogP contribution in [-0.4, -0.2) is 0 Å².